The molecule has 1 saturated heterocycles. The average molecular weight is 611 g/mol. The minimum atomic E-state index is -0.867. The van der Waals surface area contributed by atoms with E-state index in [1.807, 2.05) is 18.2 Å². The number of anilines is 1. The number of hydrogen-bond donors (Lipinski definition) is 2. The molecule has 11 heteroatoms. The lowest BCUT2D eigenvalue weighted by Gasteiger charge is -2.24. The third-order valence-electron chi connectivity index (χ3n) is 7.68. The molecule has 0 bridgehead atoms. The van der Waals surface area contributed by atoms with E-state index in [1.165, 1.54) is 18.0 Å². The molecule has 44 heavy (non-hydrogen) atoms. The van der Waals surface area contributed by atoms with E-state index < -0.39 is 17.8 Å². The number of ketones is 1. The Balaban J connectivity index is 1.23. The Kier molecular flexibility index (Phi) is 7.94. The van der Waals surface area contributed by atoms with Gasteiger partial charge in [-0.05, 0) is 50.1 Å². The number of benzene rings is 3. The lowest BCUT2D eigenvalue weighted by Crippen LogP contribution is -2.49. The minimum Gasteiger partial charge on any atom is -0.337 e. The van der Waals surface area contributed by atoms with Gasteiger partial charge < -0.3 is 9.88 Å². The summed E-state index contributed by atoms with van der Waals surface area (Å²) in [5, 5.41) is 5.01. The van der Waals surface area contributed by atoms with Crippen molar-refractivity contribution < 1.29 is 18.8 Å². The molecule has 2 amide bonds. The van der Waals surface area contributed by atoms with Crippen molar-refractivity contribution in [2.45, 2.75) is 32.9 Å². The molecule has 0 radical (unpaired) electrons. The highest BCUT2D eigenvalue weighted by atomic mass is 35.5. The van der Waals surface area contributed by atoms with Gasteiger partial charge in [-0.15, -0.1) is 0 Å². The van der Waals surface area contributed by atoms with Crippen LogP contribution in [0.2, 0.25) is 5.02 Å². The largest absolute Gasteiger partial charge is 0.337 e. The molecule has 1 atom stereocenters. The van der Waals surface area contributed by atoms with Crippen molar-refractivity contribution in [3.8, 4) is 22.3 Å². The van der Waals surface area contributed by atoms with Gasteiger partial charge in [0, 0.05) is 63.3 Å². The molecule has 2 N–H and O–H groups in total. The van der Waals surface area contributed by atoms with Gasteiger partial charge in [0.15, 0.2) is 11.6 Å². The molecule has 2 aromatic heterocycles. The van der Waals surface area contributed by atoms with Crippen LogP contribution in [0, 0.1) is 12.7 Å². The summed E-state index contributed by atoms with van der Waals surface area (Å²) >= 11 is 6.28. The summed E-state index contributed by atoms with van der Waals surface area (Å²) in [6.45, 7) is 3.55. The fraction of sp³-hybridized carbons (Fsp3) is 0.182. The SMILES string of the molecule is CC(=O)c1cn(CC(=O)N2NCCC2C(=O)Nc2cccc(-c3ccccc3Cl)c2F)c2ccc(-c3cnc(C)nc3)cc12. The number of hydrogen-bond acceptors (Lipinski definition) is 6. The molecular weight excluding hydrogens is 583 g/mol. The predicted molar refractivity (Wildman–Crippen MR) is 166 cm³/mol. The first-order chi connectivity index (χ1) is 21.2. The van der Waals surface area contributed by atoms with Gasteiger partial charge in [0.25, 0.3) is 5.91 Å². The summed E-state index contributed by atoms with van der Waals surface area (Å²) in [5.74, 6) is -1.01. The number of nitrogens with zero attached hydrogens (tertiary/aromatic N) is 4. The van der Waals surface area contributed by atoms with Crippen LogP contribution in [0.3, 0.4) is 0 Å². The highest BCUT2D eigenvalue weighted by Crippen LogP contribution is 2.33. The van der Waals surface area contributed by atoms with E-state index in [4.69, 9.17) is 11.6 Å². The van der Waals surface area contributed by atoms with Crippen molar-refractivity contribution in [1.29, 1.82) is 0 Å². The molecule has 1 fully saturated rings. The lowest BCUT2D eigenvalue weighted by molar-refractivity contribution is -0.140. The van der Waals surface area contributed by atoms with Gasteiger partial charge in [0.05, 0.1) is 5.69 Å². The normalized spacial score (nSPS) is 14.6. The fourth-order valence-electron chi connectivity index (χ4n) is 5.46. The minimum absolute atomic E-state index is 0.0102. The van der Waals surface area contributed by atoms with Crippen molar-refractivity contribution in [1.82, 2.24) is 25.0 Å². The van der Waals surface area contributed by atoms with Crippen LogP contribution in [-0.4, -0.2) is 49.7 Å². The zero-order valence-corrected chi connectivity index (χ0v) is 24.7. The summed E-state index contributed by atoms with van der Waals surface area (Å²) in [7, 11) is 0. The topological polar surface area (TPSA) is 109 Å². The second-order valence-corrected chi connectivity index (χ2v) is 11.0. The van der Waals surface area contributed by atoms with Gasteiger partial charge in [-0.1, -0.05) is 48.0 Å². The van der Waals surface area contributed by atoms with Gasteiger partial charge in [-0.25, -0.2) is 19.8 Å². The van der Waals surface area contributed by atoms with Crippen molar-refractivity contribution in [3.63, 3.8) is 0 Å². The van der Waals surface area contributed by atoms with Crippen molar-refractivity contribution in [3.05, 3.63) is 101 Å². The third-order valence-corrected chi connectivity index (χ3v) is 8.01. The van der Waals surface area contributed by atoms with Crippen LogP contribution in [0.4, 0.5) is 10.1 Å². The molecule has 1 aliphatic rings. The Morgan fingerprint density at radius 3 is 2.52 bits per heavy atom. The van der Waals surface area contributed by atoms with Gasteiger partial charge in [-0.3, -0.25) is 19.4 Å². The van der Waals surface area contributed by atoms with Crippen LogP contribution in [0.15, 0.2) is 79.3 Å². The Labute approximate surface area is 257 Å². The number of carbonyl (C=O) groups excluding carboxylic acids is 3. The lowest BCUT2D eigenvalue weighted by atomic mass is 10.0. The van der Waals surface area contributed by atoms with Crippen LogP contribution in [0.1, 0.15) is 29.5 Å². The molecule has 6 rings (SSSR count). The van der Waals surface area contributed by atoms with E-state index in [9.17, 15) is 14.4 Å². The van der Waals surface area contributed by atoms with E-state index in [0.717, 1.165) is 11.1 Å². The maximum absolute atomic E-state index is 15.5. The first kappa shape index (κ1) is 29.2. The van der Waals surface area contributed by atoms with E-state index in [2.05, 4.69) is 20.7 Å². The Morgan fingerprint density at radius 1 is 1.02 bits per heavy atom. The average Bonchev–Trinajstić information content (AvgIpc) is 3.65. The van der Waals surface area contributed by atoms with Crippen molar-refractivity contribution in [2.75, 3.05) is 11.9 Å². The van der Waals surface area contributed by atoms with Crippen LogP contribution in [0.5, 0.6) is 0 Å². The second kappa shape index (κ2) is 12.0. The molecule has 0 saturated carbocycles. The third kappa shape index (κ3) is 5.57. The maximum Gasteiger partial charge on any atom is 0.257 e. The standard InChI is InChI=1S/C33H28ClFN6O3/c1-19(42)26-17-40(29-11-10-21(14-25(26)29)22-15-36-20(2)37-16-22)18-31(43)41-30(12-13-38-41)33(44)39-28-9-5-7-24(32(28)35)23-6-3-4-8-27(23)34/h3-11,14-17,30,38H,12-13,18H2,1-2H3,(H,39,44). The number of amides is 2. The molecule has 5 aromatic rings. The molecule has 0 spiro atoms. The fourth-order valence-corrected chi connectivity index (χ4v) is 5.69. The molecule has 0 aliphatic carbocycles. The summed E-state index contributed by atoms with van der Waals surface area (Å²) in [5.41, 5.74) is 6.54. The summed E-state index contributed by atoms with van der Waals surface area (Å²) < 4.78 is 17.2. The molecule has 3 heterocycles. The second-order valence-electron chi connectivity index (χ2n) is 10.6. The number of aromatic nitrogens is 3. The number of nitrogens with one attached hydrogen (secondary N) is 2. The monoisotopic (exact) mass is 610 g/mol. The Bertz CT molecular complexity index is 1920. The molecule has 9 nitrogen and oxygen atoms in total. The number of carbonyl (C=O) groups is 3. The van der Waals surface area contributed by atoms with Crippen LogP contribution in [0.25, 0.3) is 33.2 Å². The summed E-state index contributed by atoms with van der Waals surface area (Å²) in [4.78, 5) is 47.9. The molecule has 1 unspecified atom stereocenters. The van der Waals surface area contributed by atoms with Crippen LogP contribution >= 0.6 is 11.6 Å². The van der Waals surface area contributed by atoms with Crippen molar-refractivity contribution >= 4 is 45.8 Å². The molecule has 222 valence electrons. The number of halogens is 2. The first-order valence-electron chi connectivity index (χ1n) is 14.0. The number of fused-ring (bicyclic) bond motifs is 1. The quantitative estimate of drug-likeness (QED) is 0.225. The van der Waals surface area contributed by atoms with Crippen molar-refractivity contribution in [2.24, 2.45) is 0 Å². The summed E-state index contributed by atoms with van der Waals surface area (Å²) in [6.07, 6.45) is 5.44. The summed E-state index contributed by atoms with van der Waals surface area (Å²) in [6, 6.07) is 16.3. The van der Waals surface area contributed by atoms with E-state index in [0.29, 0.717) is 45.8 Å². The molecule has 3 aromatic carbocycles. The van der Waals surface area contributed by atoms with Gasteiger partial charge in [-0.2, -0.15) is 0 Å². The zero-order valence-electron chi connectivity index (χ0n) is 24.0. The number of hydrazine groups is 1. The zero-order chi connectivity index (χ0) is 31.0. The van der Waals surface area contributed by atoms with Gasteiger partial charge in [0.2, 0.25) is 5.91 Å². The van der Waals surface area contributed by atoms with E-state index in [-0.39, 0.29) is 29.5 Å². The highest BCUT2D eigenvalue weighted by molar-refractivity contribution is 6.33. The number of Topliss-reactive ketones (excluding diaryl/α,β-unsaturated/α-hetero) is 1. The van der Waals surface area contributed by atoms with Gasteiger partial charge >= 0.3 is 0 Å². The number of aryl methyl sites for hydroxylation is 1. The first-order valence-corrected chi connectivity index (χ1v) is 14.4. The Morgan fingerprint density at radius 2 is 1.77 bits per heavy atom. The Hall–Kier alpha value is -4.93. The highest BCUT2D eigenvalue weighted by Gasteiger charge is 2.35. The van der Waals surface area contributed by atoms with Crippen LogP contribution in [-0.2, 0) is 16.1 Å². The smallest absolute Gasteiger partial charge is 0.257 e. The van der Waals surface area contributed by atoms with Crippen LogP contribution < -0.4 is 10.7 Å². The maximum atomic E-state index is 15.5. The van der Waals surface area contributed by atoms with E-state index >= 15 is 4.39 Å². The van der Waals surface area contributed by atoms with E-state index in [1.54, 1.807) is 66.5 Å². The van der Waals surface area contributed by atoms with Gasteiger partial charge in [0.1, 0.15) is 18.4 Å². The molecular formula is C33H28ClFN6O3. The predicted octanol–water partition coefficient (Wildman–Crippen LogP) is 5.81. The molecule has 1 aliphatic heterocycles. The number of rotatable bonds is 7.